The minimum atomic E-state index is -0.415. The largest absolute Gasteiger partial charge is 0.306 e. The topological polar surface area (TPSA) is 37.4 Å². The number of amides is 2. The van der Waals surface area contributed by atoms with Gasteiger partial charge in [0.2, 0.25) is 5.91 Å². The molecule has 64 valence electrons. The molecular weight excluding hydrogens is 222 g/mol. The molecule has 1 atom stereocenters. The van der Waals surface area contributed by atoms with Gasteiger partial charge in [0.1, 0.15) is 0 Å². The lowest BCUT2D eigenvalue weighted by Gasteiger charge is -2.15. The van der Waals surface area contributed by atoms with E-state index in [4.69, 9.17) is 0 Å². The summed E-state index contributed by atoms with van der Waals surface area (Å²) in [6.07, 6.45) is 1.20. The minimum absolute atomic E-state index is 0.00153. The van der Waals surface area contributed by atoms with Crippen molar-refractivity contribution in [3.05, 3.63) is 0 Å². The Labute approximate surface area is 79.2 Å². The lowest BCUT2D eigenvalue weighted by atomic mass is 10.2. The van der Waals surface area contributed by atoms with Crippen LogP contribution < -0.4 is 0 Å². The van der Waals surface area contributed by atoms with Gasteiger partial charge in [-0.05, 0) is 18.2 Å². The molecule has 0 aromatic rings. The van der Waals surface area contributed by atoms with Crippen LogP contribution in [0.2, 0.25) is 0 Å². The van der Waals surface area contributed by atoms with E-state index in [2.05, 4.69) is 26.7 Å². The van der Waals surface area contributed by atoms with Gasteiger partial charge >= 0.3 is 5.91 Å². The Morgan fingerprint density at radius 3 is 2.83 bits per heavy atom. The SMILES string of the molecule is CC1CCC(=O)N1C(=O)C#CBr. The summed E-state index contributed by atoms with van der Waals surface area (Å²) in [6, 6.07) is -0.00153. The second-order valence-electron chi connectivity index (χ2n) is 2.68. The summed E-state index contributed by atoms with van der Waals surface area (Å²) in [7, 11) is 0. The van der Waals surface area contributed by atoms with Crippen LogP contribution in [-0.2, 0) is 9.59 Å². The van der Waals surface area contributed by atoms with Crippen LogP contribution in [0.3, 0.4) is 0 Å². The standard InChI is InChI=1S/C8H8BrNO2/c1-6-2-3-7(11)10(6)8(12)4-5-9/h6H,2-3H2,1H3. The lowest BCUT2D eigenvalue weighted by molar-refractivity contribution is -0.139. The fourth-order valence-electron chi connectivity index (χ4n) is 1.24. The number of likely N-dealkylation sites (tertiary alicyclic amines) is 1. The molecule has 0 saturated carbocycles. The van der Waals surface area contributed by atoms with Crippen LogP contribution in [0.4, 0.5) is 0 Å². The number of imide groups is 1. The smallest absolute Gasteiger partial charge is 0.274 e. The normalized spacial score (nSPS) is 22.0. The monoisotopic (exact) mass is 229 g/mol. The van der Waals surface area contributed by atoms with Gasteiger partial charge in [0.25, 0.3) is 0 Å². The molecule has 1 aliphatic rings. The first kappa shape index (κ1) is 9.27. The molecule has 0 radical (unpaired) electrons. The van der Waals surface area contributed by atoms with Crippen molar-refractivity contribution in [3.8, 4) is 10.8 Å². The first-order chi connectivity index (χ1) is 5.66. The van der Waals surface area contributed by atoms with E-state index in [-0.39, 0.29) is 11.9 Å². The first-order valence-electron chi connectivity index (χ1n) is 3.64. The number of halogens is 1. The zero-order valence-electron chi connectivity index (χ0n) is 6.63. The Kier molecular flexibility index (Phi) is 2.88. The fourth-order valence-corrected chi connectivity index (χ4v) is 1.41. The second-order valence-corrected chi connectivity index (χ2v) is 3.07. The first-order valence-corrected chi connectivity index (χ1v) is 4.43. The maximum atomic E-state index is 11.2. The zero-order valence-corrected chi connectivity index (χ0v) is 8.22. The van der Waals surface area contributed by atoms with Crippen molar-refractivity contribution in [2.24, 2.45) is 0 Å². The summed E-state index contributed by atoms with van der Waals surface area (Å²) in [6.45, 7) is 1.85. The highest BCUT2D eigenvalue weighted by atomic mass is 79.9. The van der Waals surface area contributed by atoms with E-state index < -0.39 is 5.91 Å². The number of rotatable bonds is 0. The quantitative estimate of drug-likeness (QED) is 0.579. The van der Waals surface area contributed by atoms with Gasteiger partial charge in [0, 0.05) is 34.3 Å². The summed E-state index contributed by atoms with van der Waals surface area (Å²) in [5.41, 5.74) is 0. The summed E-state index contributed by atoms with van der Waals surface area (Å²) < 4.78 is 0. The van der Waals surface area contributed by atoms with Gasteiger partial charge in [-0.1, -0.05) is 0 Å². The lowest BCUT2D eigenvalue weighted by Crippen LogP contribution is -2.36. The van der Waals surface area contributed by atoms with E-state index in [1.807, 2.05) is 6.92 Å². The molecular formula is C8H8BrNO2. The minimum Gasteiger partial charge on any atom is -0.274 e. The molecule has 1 aliphatic heterocycles. The number of carbonyl (C=O) groups excluding carboxylic acids is 2. The van der Waals surface area contributed by atoms with Gasteiger partial charge < -0.3 is 0 Å². The summed E-state index contributed by atoms with van der Waals surface area (Å²) in [4.78, 5) is 25.8. The molecule has 1 rings (SSSR count). The molecule has 0 aromatic carbocycles. The van der Waals surface area contributed by atoms with Gasteiger partial charge in [-0.25, -0.2) is 0 Å². The molecule has 0 spiro atoms. The van der Waals surface area contributed by atoms with Crippen molar-refractivity contribution in [1.82, 2.24) is 4.90 Å². The van der Waals surface area contributed by atoms with Crippen LogP contribution in [0.5, 0.6) is 0 Å². The van der Waals surface area contributed by atoms with E-state index in [0.717, 1.165) is 6.42 Å². The third kappa shape index (κ3) is 1.67. The van der Waals surface area contributed by atoms with Gasteiger partial charge in [0.15, 0.2) is 0 Å². The third-order valence-corrected chi connectivity index (χ3v) is 2.06. The van der Waals surface area contributed by atoms with Crippen LogP contribution in [0.15, 0.2) is 0 Å². The van der Waals surface area contributed by atoms with Crippen molar-refractivity contribution in [2.75, 3.05) is 0 Å². The van der Waals surface area contributed by atoms with Crippen LogP contribution >= 0.6 is 15.9 Å². The summed E-state index contributed by atoms with van der Waals surface area (Å²) >= 11 is 2.82. The third-order valence-electron chi connectivity index (χ3n) is 1.86. The van der Waals surface area contributed by atoms with Crippen molar-refractivity contribution in [3.63, 3.8) is 0 Å². The molecule has 0 aliphatic carbocycles. The van der Waals surface area contributed by atoms with Gasteiger partial charge in [-0.2, -0.15) is 0 Å². The van der Waals surface area contributed by atoms with Crippen molar-refractivity contribution in [2.45, 2.75) is 25.8 Å². The van der Waals surface area contributed by atoms with Crippen molar-refractivity contribution < 1.29 is 9.59 Å². The molecule has 1 fully saturated rings. The maximum Gasteiger partial charge on any atom is 0.306 e. The van der Waals surface area contributed by atoms with E-state index in [9.17, 15) is 9.59 Å². The Bertz CT molecular complexity index is 277. The van der Waals surface area contributed by atoms with Crippen LogP contribution in [0.1, 0.15) is 19.8 Å². The predicted molar refractivity (Wildman–Crippen MR) is 47.3 cm³/mol. The Hall–Kier alpha value is -0.820. The molecule has 12 heavy (non-hydrogen) atoms. The fraction of sp³-hybridized carbons (Fsp3) is 0.500. The molecule has 0 bridgehead atoms. The highest BCUT2D eigenvalue weighted by molar-refractivity contribution is 9.12. The molecule has 1 heterocycles. The Morgan fingerprint density at radius 2 is 2.42 bits per heavy atom. The molecule has 4 heteroatoms. The summed E-state index contributed by atoms with van der Waals surface area (Å²) in [5, 5.41) is 0. The predicted octanol–water partition coefficient (Wildman–Crippen LogP) is 0.880. The van der Waals surface area contributed by atoms with E-state index in [1.54, 1.807) is 0 Å². The molecule has 0 N–H and O–H groups in total. The van der Waals surface area contributed by atoms with Gasteiger partial charge in [0.05, 0.1) is 0 Å². The van der Waals surface area contributed by atoms with E-state index in [0.29, 0.717) is 6.42 Å². The molecule has 2 amide bonds. The Balaban J connectivity index is 2.77. The van der Waals surface area contributed by atoms with Gasteiger partial charge in [-0.15, -0.1) is 0 Å². The second kappa shape index (κ2) is 3.72. The Morgan fingerprint density at radius 1 is 1.75 bits per heavy atom. The van der Waals surface area contributed by atoms with Crippen molar-refractivity contribution in [1.29, 1.82) is 0 Å². The van der Waals surface area contributed by atoms with Gasteiger partial charge in [-0.3, -0.25) is 14.5 Å². The molecule has 3 nitrogen and oxygen atoms in total. The molecule has 1 saturated heterocycles. The number of nitrogens with zero attached hydrogens (tertiary/aromatic N) is 1. The zero-order chi connectivity index (χ0) is 9.14. The van der Waals surface area contributed by atoms with Crippen LogP contribution in [-0.4, -0.2) is 22.8 Å². The van der Waals surface area contributed by atoms with Crippen molar-refractivity contribution >= 4 is 27.7 Å². The molecule has 1 unspecified atom stereocenters. The van der Waals surface area contributed by atoms with E-state index >= 15 is 0 Å². The molecule has 0 aromatic heterocycles. The average Bonchev–Trinajstić information content (AvgIpc) is 2.32. The number of hydrogen-bond acceptors (Lipinski definition) is 2. The van der Waals surface area contributed by atoms with E-state index in [1.165, 1.54) is 4.90 Å². The summed E-state index contributed by atoms with van der Waals surface area (Å²) in [5.74, 6) is 1.74. The highest BCUT2D eigenvalue weighted by Gasteiger charge is 2.31. The highest BCUT2D eigenvalue weighted by Crippen LogP contribution is 2.17. The average molecular weight is 230 g/mol. The van der Waals surface area contributed by atoms with Crippen LogP contribution in [0.25, 0.3) is 0 Å². The number of hydrogen-bond donors (Lipinski definition) is 0. The number of carbonyl (C=O) groups is 2. The maximum absolute atomic E-state index is 11.2. The van der Waals surface area contributed by atoms with Crippen LogP contribution in [0, 0.1) is 10.8 Å².